The highest BCUT2D eigenvalue weighted by molar-refractivity contribution is 5.44. The van der Waals surface area contributed by atoms with Crippen molar-refractivity contribution in [2.45, 2.75) is 31.6 Å². The summed E-state index contributed by atoms with van der Waals surface area (Å²) in [6.45, 7) is 2.26. The topological polar surface area (TPSA) is 18.5 Å². The second-order valence-electron chi connectivity index (χ2n) is 4.83. The smallest absolute Gasteiger partial charge is 0.119 e. The predicted octanol–water partition coefficient (Wildman–Crippen LogP) is 3.45. The first-order valence-electron chi connectivity index (χ1n) is 6.07. The molecule has 0 aromatic heterocycles. The third kappa shape index (κ3) is 2.31. The van der Waals surface area contributed by atoms with Crippen molar-refractivity contribution in [3.05, 3.63) is 41.7 Å². The Kier molecular flexibility index (Phi) is 3.41. The molecule has 1 aromatic carbocycles. The van der Waals surface area contributed by atoms with Crippen molar-refractivity contribution in [3.8, 4) is 5.75 Å². The largest absolute Gasteiger partial charge is 0.505 e. The standard InChI is InChI=1S/C15H20O2/c1-15(9-10-16-2)8-4-5-12-6-7-13(17-3)11-14(12)15/h6-7,9-11H,4-5,8H2,1-3H3/b10-9+/t15-/m1/s1. The molecular weight excluding hydrogens is 212 g/mol. The molecule has 1 aliphatic rings. The summed E-state index contributed by atoms with van der Waals surface area (Å²) in [5.41, 5.74) is 2.87. The van der Waals surface area contributed by atoms with Crippen molar-refractivity contribution in [2.24, 2.45) is 0 Å². The van der Waals surface area contributed by atoms with E-state index in [0.29, 0.717) is 0 Å². The van der Waals surface area contributed by atoms with Gasteiger partial charge in [0.15, 0.2) is 0 Å². The van der Waals surface area contributed by atoms with Gasteiger partial charge in [0.1, 0.15) is 5.75 Å². The van der Waals surface area contributed by atoms with Gasteiger partial charge in [-0.2, -0.15) is 0 Å². The van der Waals surface area contributed by atoms with Gasteiger partial charge in [-0.25, -0.2) is 0 Å². The first-order chi connectivity index (χ1) is 8.19. The predicted molar refractivity (Wildman–Crippen MR) is 69.4 cm³/mol. The number of hydrogen-bond acceptors (Lipinski definition) is 2. The summed E-state index contributed by atoms with van der Waals surface area (Å²) in [4.78, 5) is 0. The van der Waals surface area contributed by atoms with E-state index in [2.05, 4.69) is 25.1 Å². The minimum atomic E-state index is 0.0676. The fourth-order valence-corrected chi connectivity index (χ4v) is 2.60. The zero-order chi connectivity index (χ0) is 12.3. The van der Waals surface area contributed by atoms with Crippen LogP contribution in [0.4, 0.5) is 0 Å². The second kappa shape index (κ2) is 4.82. The lowest BCUT2D eigenvalue weighted by Gasteiger charge is -2.33. The van der Waals surface area contributed by atoms with Gasteiger partial charge in [0, 0.05) is 5.41 Å². The van der Waals surface area contributed by atoms with E-state index in [0.717, 1.165) is 18.6 Å². The summed E-state index contributed by atoms with van der Waals surface area (Å²) in [5, 5.41) is 0. The highest BCUT2D eigenvalue weighted by atomic mass is 16.5. The minimum Gasteiger partial charge on any atom is -0.505 e. The van der Waals surface area contributed by atoms with E-state index in [-0.39, 0.29) is 5.41 Å². The first-order valence-corrected chi connectivity index (χ1v) is 6.07. The third-order valence-electron chi connectivity index (χ3n) is 3.65. The van der Waals surface area contributed by atoms with Crippen LogP contribution in [0, 0.1) is 0 Å². The van der Waals surface area contributed by atoms with Crippen LogP contribution in [0.5, 0.6) is 5.75 Å². The molecule has 17 heavy (non-hydrogen) atoms. The van der Waals surface area contributed by atoms with Crippen molar-refractivity contribution in [3.63, 3.8) is 0 Å². The lowest BCUT2D eigenvalue weighted by atomic mass is 9.71. The number of hydrogen-bond donors (Lipinski definition) is 0. The van der Waals surface area contributed by atoms with E-state index in [1.165, 1.54) is 17.5 Å². The van der Waals surface area contributed by atoms with E-state index < -0.39 is 0 Å². The summed E-state index contributed by atoms with van der Waals surface area (Å²) >= 11 is 0. The molecule has 0 unspecified atom stereocenters. The van der Waals surface area contributed by atoms with Crippen LogP contribution in [0.25, 0.3) is 0 Å². The summed E-state index contributed by atoms with van der Waals surface area (Å²) < 4.78 is 10.4. The van der Waals surface area contributed by atoms with Gasteiger partial charge in [-0.1, -0.05) is 13.0 Å². The van der Waals surface area contributed by atoms with E-state index >= 15 is 0 Å². The molecule has 2 heteroatoms. The van der Waals surface area contributed by atoms with Crippen LogP contribution < -0.4 is 4.74 Å². The molecule has 1 aromatic rings. The summed E-state index contributed by atoms with van der Waals surface area (Å²) in [6, 6.07) is 6.39. The Balaban J connectivity index is 2.44. The molecule has 2 rings (SSSR count). The Morgan fingerprint density at radius 1 is 1.29 bits per heavy atom. The molecule has 0 saturated heterocycles. The molecule has 0 saturated carbocycles. The zero-order valence-electron chi connectivity index (χ0n) is 10.8. The van der Waals surface area contributed by atoms with Crippen molar-refractivity contribution in [1.29, 1.82) is 0 Å². The van der Waals surface area contributed by atoms with E-state index in [4.69, 9.17) is 9.47 Å². The molecular formula is C15H20O2. The second-order valence-corrected chi connectivity index (χ2v) is 4.83. The fourth-order valence-electron chi connectivity index (χ4n) is 2.60. The van der Waals surface area contributed by atoms with Crippen LogP contribution in [0.15, 0.2) is 30.5 Å². The maximum absolute atomic E-state index is 5.32. The van der Waals surface area contributed by atoms with Crippen LogP contribution in [-0.4, -0.2) is 14.2 Å². The van der Waals surface area contributed by atoms with Crippen molar-refractivity contribution < 1.29 is 9.47 Å². The third-order valence-corrected chi connectivity index (χ3v) is 3.65. The molecule has 1 aliphatic carbocycles. The quantitative estimate of drug-likeness (QED) is 0.743. The van der Waals surface area contributed by atoms with Crippen LogP contribution in [-0.2, 0) is 16.6 Å². The lowest BCUT2D eigenvalue weighted by molar-refractivity contribution is 0.329. The van der Waals surface area contributed by atoms with Crippen molar-refractivity contribution in [2.75, 3.05) is 14.2 Å². The van der Waals surface area contributed by atoms with Crippen LogP contribution in [0.1, 0.15) is 30.9 Å². The van der Waals surface area contributed by atoms with Gasteiger partial charge < -0.3 is 9.47 Å². The highest BCUT2D eigenvalue weighted by Gasteiger charge is 2.30. The maximum atomic E-state index is 5.32. The Hall–Kier alpha value is -1.44. The average molecular weight is 232 g/mol. The van der Waals surface area contributed by atoms with Crippen LogP contribution in [0.3, 0.4) is 0 Å². The summed E-state index contributed by atoms with van der Waals surface area (Å²) in [6.07, 6.45) is 7.49. The van der Waals surface area contributed by atoms with Crippen molar-refractivity contribution in [1.82, 2.24) is 0 Å². The Morgan fingerprint density at radius 3 is 2.82 bits per heavy atom. The molecule has 0 radical (unpaired) electrons. The molecule has 2 nitrogen and oxygen atoms in total. The molecule has 0 aliphatic heterocycles. The lowest BCUT2D eigenvalue weighted by Crippen LogP contribution is -2.25. The van der Waals surface area contributed by atoms with Gasteiger partial charge in [-0.3, -0.25) is 0 Å². The molecule has 0 bridgehead atoms. The van der Waals surface area contributed by atoms with Gasteiger partial charge in [0.2, 0.25) is 0 Å². The molecule has 0 N–H and O–H groups in total. The Morgan fingerprint density at radius 2 is 2.12 bits per heavy atom. The van der Waals surface area contributed by atoms with Gasteiger partial charge in [0.05, 0.1) is 20.5 Å². The summed E-state index contributed by atoms with van der Waals surface area (Å²) in [5.74, 6) is 0.933. The minimum absolute atomic E-state index is 0.0676. The Labute approximate surface area is 103 Å². The molecule has 92 valence electrons. The van der Waals surface area contributed by atoms with E-state index in [1.54, 1.807) is 20.5 Å². The number of benzene rings is 1. The zero-order valence-corrected chi connectivity index (χ0v) is 10.8. The monoisotopic (exact) mass is 232 g/mol. The normalized spacial score (nSPS) is 23.5. The van der Waals surface area contributed by atoms with Crippen LogP contribution >= 0.6 is 0 Å². The number of allylic oxidation sites excluding steroid dienone is 1. The highest BCUT2D eigenvalue weighted by Crippen LogP contribution is 2.39. The number of fused-ring (bicyclic) bond motifs is 1. The van der Waals surface area contributed by atoms with Crippen LogP contribution in [0.2, 0.25) is 0 Å². The number of methoxy groups -OCH3 is 2. The van der Waals surface area contributed by atoms with Gasteiger partial charge >= 0.3 is 0 Å². The van der Waals surface area contributed by atoms with Gasteiger partial charge in [0.25, 0.3) is 0 Å². The molecule has 0 amide bonds. The van der Waals surface area contributed by atoms with E-state index in [9.17, 15) is 0 Å². The average Bonchev–Trinajstić information content (AvgIpc) is 2.37. The molecule has 0 heterocycles. The Bertz CT molecular complexity index is 423. The van der Waals surface area contributed by atoms with E-state index in [1.807, 2.05) is 6.07 Å². The van der Waals surface area contributed by atoms with Gasteiger partial charge in [-0.15, -0.1) is 0 Å². The number of rotatable bonds is 3. The van der Waals surface area contributed by atoms with Crippen molar-refractivity contribution >= 4 is 0 Å². The molecule has 0 fully saturated rings. The maximum Gasteiger partial charge on any atom is 0.119 e. The van der Waals surface area contributed by atoms with Gasteiger partial charge in [-0.05, 0) is 48.6 Å². The molecule has 0 spiro atoms. The summed E-state index contributed by atoms with van der Waals surface area (Å²) in [7, 11) is 3.40. The first kappa shape index (κ1) is 12.0. The molecule has 1 atom stereocenters. The number of aryl methyl sites for hydroxylation is 1. The fraction of sp³-hybridized carbons (Fsp3) is 0.467. The number of ether oxygens (including phenoxy) is 2. The SMILES string of the molecule is CO/C=C/[C@@]1(C)CCCc2ccc(OC)cc21.